The van der Waals surface area contributed by atoms with Crippen molar-refractivity contribution in [2.75, 3.05) is 5.75 Å². The number of carbonyl (C=O) groups excluding carboxylic acids is 1. The number of nitrogens with zero attached hydrogens (tertiary/aromatic N) is 3. The van der Waals surface area contributed by atoms with Crippen molar-refractivity contribution < 1.29 is 14.7 Å². The van der Waals surface area contributed by atoms with E-state index in [1.165, 1.54) is 0 Å². The van der Waals surface area contributed by atoms with Crippen molar-refractivity contribution in [1.82, 2.24) is 14.7 Å². The van der Waals surface area contributed by atoms with Gasteiger partial charge in [0.1, 0.15) is 12.6 Å². The second-order valence-electron chi connectivity index (χ2n) is 5.80. The number of hydrogen-bond acceptors (Lipinski definition) is 4. The number of aromatic nitrogens is 2. The number of carboxylic acids is 1. The summed E-state index contributed by atoms with van der Waals surface area (Å²) in [5.41, 5.74) is 1.78. The summed E-state index contributed by atoms with van der Waals surface area (Å²) in [5.74, 6) is -0.106. The Hall–Kier alpha value is -1.50. The molecule has 2 fully saturated rings. The number of amides is 1. The van der Waals surface area contributed by atoms with Crippen molar-refractivity contribution in [2.24, 2.45) is 5.92 Å². The van der Waals surface area contributed by atoms with Crippen molar-refractivity contribution in [1.29, 1.82) is 0 Å². The predicted octanol–water partition coefficient (Wildman–Crippen LogP) is 1.26. The molecule has 1 aromatic heterocycles. The van der Waals surface area contributed by atoms with E-state index in [-0.39, 0.29) is 17.8 Å². The fraction of sp³-hybridized carbons (Fsp3) is 0.643. The smallest absolute Gasteiger partial charge is 0.327 e. The predicted molar refractivity (Wildman–Crippen MR) is 78.9 cm³/mol. The average molecular weight is 309 g/mol. The van der Waals surface area contributed by atoms with Crippen molar-refractivity contribution >= 4 is 23.6 Å². The molecule has 1 aliphatic heterocycles. The zero-order valence-electron chi connectivity index (χ0n) is 12.2. The normalized spacial score (nSPS) is 25.3. The highest BCUT2D eigenvalue weighted by Crippen LogP contribution is 2.45. The Balaban J connectivity index is 1.79. The average Bonchev–Trinajstić information content (AvgIpc) is 3.07. The van der Waals surface area contributed by atoms with Gasteiger partial charge in [-0.25, -0.2) is 4.79 Å². The maximum absolute atomic E-state index is 12.6. The van der Waals surface area contributed by atoms with Crippen LogP contribution in [0.2, 0.25) is 0 Å². The standard InChI is InChI=1S/C14H19N3O3S/c1-8-5-9(2)16(15-8)6-12(18)17-11(14(19)20)7-21-13(17)10-3-4-10/h5,10-11,13H,3-4,6-7H2,1-2H3,(H,19,20). The third-order valence-electron chi connectivity index (χ3n) is 4.02. The zero-order chi connectivity index (χ0) is 15.1. The second-order valence-corrected chi connectivity index (χ2v) is 6.95. The van der Waals surface area contributed by atoms with Gasteiger partial charge in [-0.1, -0.05) is 0 Å². The molecule has 2 heterocycles. The first-order chi connectivity index (χ1) is 9.97. The minimum Gasteiger partial charge on any atom is -0.480 e. The molecular weight excluding hydrogens is 290 g/mol. The largest absolute Gasteiger partial charge is 0.480 e. The topological polar surface area (TPSA) is 75.4 Å². The first-order valence-electron chi connectivity index (χ1n) is 7.14. The molecule has 1 aromatic rings. The van der Waals surface area contributed by atoms with E-state index in [0.29, 0.717) is 11.7 Å². The van der Waals surface area contributed by atoms with E-state index in [1.54, 1.807) is 21.3 Å². The van der Waals surface area contributed by atoms with Crippen LogP contribution < -0.4 is 0 Å². The van der Waals surface area contributed by atoms with Crippen LogP contribution in [-0.4, -0.2) is 48.8 Å². The van der Waals surface area contributed by atoms with Crippen molar-refractivity contribution in [2.45, 2.75) is 44.6 Å². The van der Waals surface area contributed by atoms with Crippen LogP contribution in [0.4, 0.5) is 0 Å². The maximum atomic E-state index is 12.6. The van der Waals surface area contributed by atoms with Gasteiger partial charge in [-0.15, -0.1) is 11.8 Å². The van der Waals surface area contributed by atoms with E-state index < -0.39 is 12.0 Å². The van der Waals surface area contributed by atoms with Gasteiger partial charge in [-0.05, 0) is 38.7 Å². The van der Waals surface area contributed by atoms with Gasteiger partial charge >= 0.3 is 5.97 Å². The van der Waals surface area contributed by atoms with E-state index in [2.05, 4.69) is 5.10 Å². The molecule has 0 bridgehead atoms. The number of thioether (sulfide) groups is 1. The highest BCUT2D eigenvalue weighted by atomic mass is 32.2. The van der Waals surface area contributed by atoms with Crippen LogP contribution >= 0.6 is 11.8 Å². The first-order valence-corrected chi connectivity index (χ1v) is 8.19. The van der Waals surface area contributed by atoms with Gasteiger partial charge in [0.25, 0.3) is 0 Å². The lowest BCUT2D eigenvalue weighted by Gasteiger charge is -2.27. The Morgan fingerprint density at radius 3 is 2.67 bits per heavy atom. The van der Waals surface area contributed by atoms with Crippen LogP contribution in [0.5, 0.6) is 0 Å². The highest BCUT2D eigenvalue weighted by molar-refractivity contribution is 8.00. The Kier molecular flexibility index (Phi) is 3.69. The molecule has 0 spiro atoms. The molecule has 7 heteroatoms. The van der Waals surface area contributed by atoms with Gasteiger partial charge in [0.15, 0.2) is 0 Å². The lowest BCUT2D eigenvalue weighted by molar-refractivity contribution is -0.149. The summed E-state index contributed by atoms with van der Waals surface area (Å²) in [6.07, 6.45) is 2.18. The van der Waals surface area contributed by atoms with E-state index in [0.717, 1.165) is 24.2 Å². The molecule has 114 valence electrons. The van der Waals surface area contributed by atoms with Gasteiger partial charge in [0.05, 0.1) is 11.1 Å². The fourth-order valence-electron chi connectivity index (χ4n) is 2.82. The lowest BCUT2D eigenvalue weighted by Crippen LogP contribution is -2.47. The molecule has 3 rings (SSSR count). The van der Waals surface area contributed by atoms with Crippen LogP contribution in [0.1, 0.15) is 24.2 Å². The Bertz CT molecular complexity index is 582. The molecule has 2 atom stereocenters. The molecule has 1 N–H and O–H groups in total. The zero-order valence-corrected chi connectivity index (χ0v) is 13.0. The van der Waals surface area contributed by atoms with Crippen LogP contribution in [0.3, 0.4) is 0 Å². The summed E-state index contributed by atoms with van der Waals surface area (Å²) in [6.45, 7) is 3.90. The molecule has 1 amide bonds. The van der Waals surface area contributed by atoms with E-state index >= 15 is 0 Å². The number of aryl methyl sites for hydroxylation is 2. The Labute approximate surface area is 127 Å². The molecule has 2 aliphatic rings. The lowest BCUT2D eigenvalue weighted by atomic mass is 10.2. The molecule has 6 nitrogen and oxygen atoms in total. The summed E-state index contributed by atoms with van der Waals surface area (Å²) in [6, 6.07) is 1.21. The second kappa shape index (κ2) is 5.36. The van der Waals surface area contributed by atoms with Crippen molar-refractivity contribution in [3.8, 4) is 0 Å². The van der Waals surface area contributed by atoms with Gasteiger partial charge in [0.2, 0.25) is 5.91 Å². The summed E-state index contributed by atoms with van der Waals surface area (Å²) in [7, 11) is 0. The number of carboxylic acid groups (broad SMARTS) is 1. The molecule has 1 saturated heterocycles. The van der Waals surface area contributed by atoms with Crippen molar-refractivity contribution in [3.63, 3.8) is 0 Å². The van der Waals surface area contributed by atoms with Gasteiger partial charge in [0, 0.05) is 11.4 Å². The quantitative estimate of drug-likeness (QED) is 0.906. The SMILES string of the molecule is Cc1cc(C)n(CC(=O)N2C(C(=O)O)CSC2C2CC2)n1. The highest BCUT2D eigenvalue weighted by Gasteiger charge is 2.47. The maximum Gasteiger partial charge on any atom is 0.327 e. The monoisotopic (exact) mass is 309 g/mol. The van der Waals surface area contributed by atoms with Crippen molar-refractivity contribution in [3.05, 3.63) is 17.5 Å². The minimum absolute atomic E-state index is 0.0237. The third kappa shape index (κ3) is 2.79. The molecule has 0 aromatic carbocycles. The number of rotatable bonds is 4. The first kappa shape index (κ1) is 14.4. The Morgan fingerprint density at radius 1 is 1.43 bits per heavy atom. The summed E-state index contributed by atoms with van der Waals surface area (Å²) in [4.78, 5) is 25.6. The van der Waals surface area contributed by atoms with Gasteiger partial charge in [-0.2, -0.15) is 5.10 Å². The molecule has 2 unspecified atom stereocenters. The number of carbonyl (C=O) groups is 2. The van der Waals surface area contributed by atoms with E-state index in [1.807, 2.05) is 19.9 Å². The summed E-state index contributed by atoms with van der Waals surface area (Å²) >= 11 is 1.60. The van der Waals surface area contributed by atoms with Crippen LogP contribution in [0.15, 0.2) is 6.07 Å². The van der Waals surface area contributed by atoms with E-state index in [9.17, 15) is 14.7 Å². The molecule has 21 heavy (non-hydrogen) atoms. The van der Waals surface area contributed by atoms with E-state index in [4.69, 9.17) is 0 Å². The van der Waals surface area contributed by atoms with Crippen LogP contribution in [0, 0.1) is 19.8 Å². The van der Waals surface area contributed by atoms with Crippen LogP contribution in [-0.2, 0) is 16.1 Å². The number of hydrogen-bond donors (Lipinski definition) is 1. The Morgan fingerprint density at radius 2 is 2.14 bits per heavy atom. The van der Waals surface area contributed by atoms with Crippen LogP contribution in [0.25, 0.3) is 0 Å². The number of aliphatic carboxylic acids is 1. The van der Waals surface area contributed by atoms with Gasteiger partial charge in [-0.3, -0.25) is 9.48 Å². The molecule has 1 saturated carbocycles. The van der Waals surface area contributed by atoms with Gasteiger partial charge < -0.3 is 10.0 Å². The minimum atomic E-state index is -0.910. The molecule has 0 radical (unpaired) electrons. The fourth-order valence-corrected chi connectivity index (χ4v) is 4.48. The summed E-state index contributed by atoms with van der Waals surface area (Å²) < 4.78 is 1.66. The molecular formula is C14H19N3O3S. The molecule has 1 aliphatic carbocycles. The summed E-state index contributed by atoms with van der Waals surface area (Å²) in [5, 5.41) is 13.7. The third-order valence-corrected chi connectivity index (χ3v) is 5.48.